The summed E-state index contributed by atoms with van der Waals surface area (Å²) in [7, 11) is 2.02. The summed E-state index contributed by atoms with van der Waals surface area (Å²) in [5, 5.41) is 14.0. The lowest BCUT2D eigenvalue weighted by Gasteiger charge is -2.06. The number of hydrazone groups is 1. The Balaban J connectivity index is 1.51. The van der Waals surface area contributed by atoms with Gasteiger partial charge >= 0.3 is 0 Å². The highest BCUT2D eigenvalue weighted by Gasteiger charge is 2.15. The predicted octanol–water partition coefficient (Wildman–Crippen LogP) is 4.25. The van der Waals surface area contributed by atoms with Crippen molar-refractivity contribution in [3.63, 3.8) is 0 Å². The summed E-state index contributed by atoms with van der Waals surface area (Å²) in [6.45, 7) is -0.176. The van der Waals surface area contributed by atoms with Crippen LogP contribution in [0.1, 0.15) is 11.1 Å². The van der Waals surface area contributed by atoms with E-state index in [0.717, 1.165) is 27.7 Å². The molecule has 0 spiro atoms. The Morgan fingerprint density at radius 3 is 2.52 bits per heavy atom. The lowest BCUT2D eigenvalue weighted by atomic mass is 10.1. The topological polar surface area (TPSA) is 79.4 Å². The maximum absolute atomic E-state index is 12.1. The minimum atomic E-state index is -0.373. The van der Waals surface area contributed by atoms with E-state index in [1.165, 1.54) is 0 Å². The molecule has 0 aliphatic rings. The highest BCUT2D eigenvalue weighted by atomic mass is 16.5. The number of fused-ring (bicyclic) bond motifs is 1. The van der Waals surface area contributed by atoms with E-state index in [1.807, 2.05) is 49.5 Å². The van der Waals surface area contributed by atoms with Crippen LogP contribution in [0, 0.1) is 11.3 Å². The second-order valence-electron chi connectivity index (χ2n) is 6.92. The summed E-state index contributed by atoms with van der Waals surface area (Å²) < 4.78 is 7.56. The first-order valence-electron chi connectivity index (χ1n) is 9.75. The fraction of sp³-hybridized carbons (Fsp3) is 0.0800. The minimum absolute atomic E-state index is 0.176. The number of rotatable bonds is 6. The molecule has 1 amide bonds. The lowest BCUT2D eigenvalue weighted by molar-refractivity contribution is -0.123. The van der Waals surface area contributed by atoms with Gasteiger partial charge in [0.15, 0.2) is 6.61 Å². The normalized spacial score (nSPS) is 10.8. The number of carbonyl (C=O) groups excluding carboxylic acids is 1. The molecule has 31 heavy (non-hydrogen) atoms. The molecular formula is C25H20N4O2. The Kier molecular flexibility index (Phi) is 5.77. The van der Waals surface area contributed by atoms with Crippen molar-refractivity contribution in [2.75, 3.05) is 6.61 Å². The van der Waals surface area contributed by atoms with Gasteiger partial charge in [-0.1, -0.05) is 48.5 Å². The van der Waals surface area contributed by atoms with E-state index in [4.69, 9.17) is 10.00 Å². The maximum atomic E-state index is 12.1. The number of hydrogen-bond donors (Lipinski definition) is 1. The Morgan fingerprint density at radius 2 is 1.77 bits per heavy atom. The molecule has 6 heteroatoms. The van der Waals surface area contributed by atoms with Crippen LogP contribution in [0.4, 0.5) is 0 Å². The number of nitriles is 1. The van der Waals surface area contributed by atoms with Crippen LogP contribution in [-0.4, -0.2) is 23.3 Å². The van der Waals surface area contributed by atoms with Gasteiger partial charge in [0.25, 0.3) is 5.91 Å². The summed E-state index contributed by atoms with van der Waals surface area (Å²) in [4.78, 5) is 12.1. The summed E-state index contributed by atoms with van der Waals surface area (Å²) in [5.74, 6) is 0.139. The van der Waals surface area contributed by atoms with E-state index in [0.29, 0.717) is 11.3 Å². The van der Waals surface area contributed by atoms with Crippen molar-refractivity contribution in [2.24, 2.45) is 12.1 Å². The fourth-order valence-electron chi connectivity index (χ4n) is 3.47. The smallest absolute Gasteiger partial charge is 0.277 e. The number of aromatic nitrogens is 1. The van der Waals surface area contributed by atoms with Gasteiger partial charge in [-0.05, 0) is 35.9 Å². The van der Waals surface area contributed by atoms with E-state index in [-0.39, 0.29) is 12.5 Å². The molecule has 0 fully saturated rings. The number of para-hydroxylation sites is 1. The van der Waals surface area contributed by atoms with Crippen molar-refractivity contribution < 1.29 is 9.53 Å². The number of nitrogens with zero attached hydrogens (tertiary/aromatic N) is 3. The lowest BCUT2D eigenvalue weighted by Crippen LogP contribution is -2.24. The Morgan fingerprint density at radius 1 is 1.06 bits per heavy atom. The van der Waals surface area contributed by atoms with Gasteiger partial charge in [0.1, 0.15) is 5.75 Å². The summed E-state index contributed by atoms with van der Waals surface area (Å²) >= 11 is 0. The van der Waals surface area contributed by atoms with E-state index < -0.39 is 0 Å². The standard InChI is InChI=1S/C25H20N4O2/c1-29-23-10-6-5-9-21(23)22(25(29)19-7-3-2-4-8-19)16-27-28-24(30)17-31-20-13-11-18(15-26)12-14-20/h2-14,16H,17H2,1H3,(H,28,30). The number of carbonyl (C=O) groups is 1. The number of benzene rings is 3. The largest absolute Gasteiger partial charge is 0.484 e. The van der Waals surface area contributed by atoms with Gasteiger partial charge in [-0.3, -0.25) is 4.79 Å². The van der Waals surface area contributed by atoms with Crippen molar-refractivity contribution in [3.8, 4) is 23.1 Å². The maximum Gasteiger partial charge on any atom is 0.277 e. The van der Waals surface area contributed by atoms with Gasteiger partial charge < -0.3 is 9.30 Å². The van der Waals surface area contributed by atoms with Gasteiger partial charge in [-0.25, -0.2) is 5.43 Å². The molecule has 0 aliphatic heterocycles. The number of amides is 1. The summed E-state index contributed by atoms with van der Waals surface area (Å²) in [6.07, 6.45) is 1.67. The zero-order chi connectivity index (χ0) is 21.6. The molecule has 0 saturated carbocycles. The van der Waals surface area contributed by atoms with Gasteiger partial charge in [-0.15, -0.1) is 0 Å². The molecular weight excluding hydrogens is 388 g/mol. The van der Waals surface area contributed by atoms with Crippen LogP contribution in [0.5, 0.6) is 5.75 Å². The van der Waals surface area contributed by atoms with Gasteiger partial charge in [0.2, 0.25) is 0 Å². The number of aryl methyl sites for hydroxylation is 1. The van der Waals surface area contributed by atoms with Crippen LogP contribution in [-0.2, 0) is 11.8 Å². The van der Waals surface area contributed by atoms with Crippen LogP contribution in [0.15, 0.2) is 84.0 Å². The molecule has 0 aliphatic carbocycles. The van der Waals surface area contributed by atoms with Crippen molar-refractivity contribution in [1.82, 2.24) is 9.99 Å². The molecule has 4 aromatic rings. The molecule has 0 atom stereocenters. The molecule has 0 radical (unpaired) electrons. The van der Waals surface area contributed by atoms with Gasteiger partial charge in [0, 0.05) is 23.5 Å². The molecule has 0 saturated heterocycles. The molecule has 4 rings (SSSR count). The molecule has 1 N–H and O–H groups in total. The van der Waals surface area contributed by atoms with E-state index in [9.17, 15) is 4.79 Å². The SMILES string of the molecule is Cn1c(-c2ccccc2)c(C=NNC(=O)COc2ccc(C#N)cc2)c2ccccc21. The molecule has 1 heterocycles. The highest BCUT2D eigenvalue weighted by molar-refractivity contribution is 6.06. The highest BCUT2D eigenvalue weighted by Crippen LogP contribution is 2.31. The monoisotopic (exact) mass is 408 g/mol. The second-order valence-corrected chi connectivity index (χ2v) is 6.92. The van der Waals surface area contributed by atoms with Crippen molar-refractivity contribution in [2.45, 2.75) is 0 Å². The predicted molar refractivity (Wildman–Crippen MR) is 121 cm³/mol. The van der Waals surface area contributed by atoms with Crippen LogP contribution < -0.4 is 10.2 Å². The van der Waals surface area contributed by atoms with Crippen molar-refractivity contribution >= 4 is 23.0 Å². The van der Waals surface area contributed by atoms with Crippen LogP contribution in [0.2, 0.25) is 0 Å². The average molecular weight is 408 g/mol. The molecule has 1 aromatic heterocycles. The zero-order valence-electron chi connectivity index (χ0n) is 16.9. The summed E-state index contributed by atoms with van der Waals surface area (Å²) in [5.41, 5.74) is 7.15. The Hall–Kier alpha value is -4.37. The van der Waals surface area contributed by atoms with Gasteiger partial charge in [0.05, 0.1) is 23.5 Å². The number of nitrogens with one attached hydrogen (secondary N) is 1. The first-order valence-corrected chi connectivity index (χ1v) is 9.75. The first kappa shape index (κ1) is 19.9. The quantitative estimate of drug-likeness (QED) is 0.383. The second kappa shape index (κ2) is 8.97. The Bertz CT molecular complexity index is 1280. The van der Waals surface area contributed by atoms with Crippen LogP contribution >= 0.6 is 0 Å². The fourth-order valence-corrected chi connectivity index (χ4v) is 3.47. The van der Waals surface area contributed by atoms with E-state index >= 15 is 0 Å². The van der Waals surface area contributed by atoms with E-state index in [1.54, 1.807) is 30.5 Å². The summed E-state index contributed by atoms with van der Waals surface area (Å²) in [6, 6.07) is 26.8. The molecule has 152 valence electrons. The van der Waals surface area contributed by atoms with Crippen LogP contribution in [0.3, 0.4) is 0 Å². The first-order chi connectivity index (χ1) is 15.2. The van der Waals surface area contributed by atoms with Crippen LogP contribution in [0.25, 0.3) is 22.2 Å². The van der Waals surface area contributed by atoms with Crippen molar-refractivity contribution in [3.05, 3.63) is 90.0 Å². The minimum Gasteiger partial charge on any atom is -0.484 e. The number of ether oxygens (including phenoxy) is 1. The molecule has 3 aromatic carbocycles. The third-order valence-corrected chi connectivity index (χ3v) is 4.93. The average Bonchev–Trinajstić information content (AvgIpc) is 3.10. The molecule has 0 unspecified atom stereocenters. The third-order valence-electron chi connectivity index (χ3n) is 4.93. The van der Waals surface area contributed by atoms with Crippen molar-refractivity contribution in [1.29, 1.82) is 5.26 Å². The molecule has 0 bridgehead atoms. The van der Waals surface area contributed by atoms with E-state index in [2.05, 4.69) is 33.3 Å². The zero-order valence-corrected chi connectivity index (χ0v) is 16.9. The molecule has 6 nitrogen and oxygen atoms in total. The number of hydrogen-bond acceptors (Lipinski definition) is 4. The van der Waals surface area contributed by atoms with Gasteiger partial charge in [-0.2, -0.15) is 10.4 Å². The third kappa shape index (κ3) is 4.31. The Labute approximate surface area is 180 Å².